The van der Waals surface area contributed by atoms with Crippen LogP contribution in [-0.4, -0.2) is 13.7 Å². The lowest BCUT2D eigenvalue weighted by molar-refractivity contribution is 0.394. The lowest BCUT2D eigenvalue weighted by Crippen LogP contribution is -2.19. The summed E-state index contributed by atoms with van der Waals surface area (Å²) in [6.07, 6.45) is 1.01. The quantitative estimate of drug-likeness (QED) is 0.858. The second kappa shape index (κ2) is 5.23. The number of para-hydroxylation sites is 1. The zero-order valence-corrected chi connectivity index (χ0v) is 10.6. The van der Waals surface area contributed by atoms with Crippen LogP contribution in [0.4, 0.5) is 0 Å². The van der Waals surface area contributed by atoms with Crippen LogP contribution in [-0.2, 0) is 0 Å². The number of ether oxygens (including phenoxy) is 1. The molecule has 1 atom stereocenters. The SMILES string of the molecule is CCNC(CC)c1cc2cccc(OC)c2o1. The van der Waals surface area contributed by atoms with Gasteiger partial charge in [0, 0.05) is 5.39 Å². The smallest absolute Gasteiger partial charge is 0.176 e. The van der Waals surface area contributed by atoms with Crippen molar-refractivity contribution in [1.82, 2.24) is 5.32 Å². The predicted molar refractivity (Wildman–Crippen MR) is 69.5 cm³/mol. The summed E-state index contributed by atoms with van der Waals surface area (Å²) in [5.41, 5.74) is 0.835. The molecule has 3 nitrogen and oxygen atoms in total. The third-order valence-electron chi connectivity index (χ3n) is 2.95. The molecule has 1 unspecified atom stereocenters. The maximum absolute atomic E-state index is 5.91. The van der Waals surface area contributed by atoms with Crippen LogP contribution in [0.3, 0.4) is 0 Å². The summed E-state index contributed by atoms with van der Waals surface area (Å²) >= 11 is 0. The molecule has 0 aliphatic carbocycles. The van der Waals surface area contributed by atoms with Crippen LogP contribution >= 0.6 is 0 Å². The molecule has 2 aromatic rings. The first-order valence-electron chi connectivity index (χ1n) is 6.10. The van der Waals surface area contributed by atoms with Gasteiger partial charge in [-0.05, 0) is 25.1 Å². The van der Waals surface area contributed by atoms with Gasteiger partial charge in [0.25, 0.3) is 0 Å². The number of hydrogen-bond acceptors (Lipinski definition) is 3. The van der Waals surface area contributed by atoms with Gasteiger partial charge in [-0.2, -0.15) is 0 Å². The van der Waals surface area contributed by atoms with Crippen molar-refractivity contribution in [2.45, 2.75) is 26.3 Å². The summed E-state index contributed by atoms with van der Waals surface area (Å²) in [5.74, 6) is 1.77. The van der Waals surface area contributed by atoms with Crippen LogP contribution < -0.4 is 10.1 Å². The van der Waals surface area contributed by atoms with Gasteiger partial charge in [-0.25, -0.2) is 0 Å². The second-order valence-electron chi connectivity index (χ2n) is 4.05. The Morgan fingerprint density at radius 3 is 2.82 bits per heavy atom. The van der Waals surface area contributed by atoms with Gasteiger partial charge in [-0.15, -0.1) is 0 Å². The fraction of sp³-hybridized carbons (Fsp3) is 0.429. The lowest BCUT2D eigenvalue weighted by atomic mass is 10.1. The van der Waals surface area contributed by atoms with Crippen LogP contribution in [0.2, 0.25) is 0 Å². The number of benzene rings is 1. The van der Waals surface area contributed by atoms with Gasteiger partial charge in [0.05, 0.1) is 13.2 Å². The van der Waals surface area contributed by atoms with E-state index in [2.05, 4.69) is 25.2 Å². The van der Waals surface area contributed by atoms with Crippen LogP contribution in [0.25, 0.3) is 11.0 Å². The molecule has 0 radical (unpaired) electrons. The van der Waals surface area contributed by atoms with Crippen LogP contribution in [0.15, 0.2) is 28.7 Å². The molecule has 0 amide bonds. The summed E-state index contributed by atoms with van der Waals surface area (Å²) in [6.45, 7) is 5.19. The predicted octanol–water partition coefficient (Wildman–Crippen LogP) is 3.50. The van der Waals surface area contributed by atoms with Crippen molar-refractivity contribution in [3.8, 4) is 5.75 Å². The first-order chi connectivity index (χ1) is 8.30. The van der Waals surface area contributed by atoms with Crippen molar-refractivity contribution >= 4 is 11.0 Å². The second-order valence-corrected chi connectivity index (χ2v) is 4.05. The van der Waals surface area contributed by atoms with Crippen molar-refractivity contribution in [2.75, 3.05) is 13.7 Å². The third kappa shape index (κ3) is 2.29. The minimum Gasteiger partial charge on any atom is -0.493 e. The summed E-state index contributed by atoms with van der Waals surface area (Å²) < 4.78 is 11.2. The first-order valence-corrected chi connectivity index (χ1v) is 6.10. The van der Waals surface area contributed by atoms with Gasteiger partial charge in [0.2, 0.25) is 0 Å². The third-order valence-corrected chi connectivity index (χ3v) is 2.95. The fourth-order valence-electron chi connectivity index (χ4n) is 2.08. The number of nitrogens with one attached hydrogen (secondary N) is 1. The average Bonchev–Trinajstić information content (AvgIpc) is 2.79. The molecule has 0 fully saturated rings. The number of fused-ring (bicyclic) bond motifs is 1. The molecule has 0 bridgehead atoms. The van der Waals surface area contributed by atoms with E-state index < -0.39 is 0 Å². The Morgan fingerprint density at radius 2 is 2.18 bits per heavy atom. The Morgan fingerprint density at radius 1 is 1.35 bits per heavy atom. The highest BCUT2D eigenvalue weighted by Crippen LogP contribution is 2.31. The Labute approximate surface area is 102 Å². The minimum absolute atomic E-state index is 0.275. The Balaban J connectivity index is 2.43. The van der Waals surface area contributed by atoms with Crippen LogP contribution in [0.5, 0.6) is 5.75 Å². The molecule has 0 saturated carbocycles. The molecule has 2 rings (SSSR count). The summed E-state index contributed by atoms with van der Waals surface area (Å²) in [4.78, 5) is 0. The van der Waals surface area contributed by atoms with E-state index in [1.165, 1.54) is 0 Å². The van der Waals surface area contributed by atoms with Crippen molar-refractivity contribution in [3.05, 3.63) is 30.0 Å². The maximum atomic E-state index is 5.91. The van der Waals surface area contributed by atoms with Gasteiger partial charge >= 0.3 is 0 Å². The van der Waals surface area contributed by atoms with E-state index in [4.69, 9.17) is 9.15 Å². The highest BCUT2D eigenvalue weighted by atomic mass is 16.5. The topological polar surface area (TPSA) is 34.4 Å². The number of furan rings is 1. The van der Waals surface area contributed by atoms with E-state index in [9.17, 15) is 0 Å². The van der Waals surface area contributed by atoms with Gasteiger partial charge in [0.1, 0.15) is 5.76 Å². The van der Waals surface area contributed by atoms with E-state index in [1.807, 2.05) is 18.2 Å². The van der Waals surface area contributed by atoms with Crippen molar-refractivity contribution in [3.63, 3.8) is 0 Å². The number of hydrogen-bond donors (Lipinski definition) is 1. The normalized spacial score (nSPS) is 12.9. The van der Waals surface area contributed by atoms with E-state index >= 15 is 0 Å². The molecule has 92 valence electrons. The molecule has 0 spiro atoms. The van der Waals surface area contributed by atoms with Gasteiger partial charge in [-0.3, -0.25) is 0 Å². The Hall–Kier alpha value is -1.48. The van der Waals surface area contributed by atoms with Gasteiger partial charge in [0.15, 0.2) is 11.3 Å². The fourth-order valence-corrected chi connectivity index (χ4v) is 2.08. The van der Waals surface area contributed by atoms with Crippen LogP contribution in [0.1, 0.15) is 32.1 Å². The van der Waals surface area contributed by atoms with E-state index in [1.54, 1.807) is 7.11 Å². The average molecular weight is 233 g/mol. The monoisotopic (exact) mass is 233 g/mol. The van der Waals surface area contributed by atoms with Crippen molar-refractivity contribution in [2.24, 2.45) is 0 Å². The van der Waals surface area contributed by atoms with Crippen molar-refractivity contribution in [1.29, 1.82) is 0 Å². The molecule has 0 aliphatic heterocycles. The Kier molecular flexibility index (Phi) is 3.69. The zero-order valence-electron chi connectivity index (χ0n) is 10.6. The van der Waals surface area contributed by atoms with Gasteiger partial charge < -0.3 is 14.5 Å². The molecular weight excluding hydrogens is 214 g/mol. The highest BCUT2D eigenvalue weighted by Gasteiger charge is 2.15. The molecule has 3 heteroatoms. The summed E-state index contributed by atoms with van der Waals surface area (Å²) in [6, 6.07) is 8.31. The van der Waals surface area contributed by atoms with E-state index in [0.29, 0.717) is 0 Å². The number of methoxy groups -OCH3 is 1. The standard InChI is InChI=1S/C14H19NO2/c1-4-11(15-5-2)13-9-10-7-6-8-12(16-3)14(10)17-13/h6-9,11,15H,4-5H2,1-3H3. The molecule has 1 aromatic carbocycles. The summed E-state index contributed by atoms with van der Waals surface area (Å²) in [7, 11) is 1.67. The molecule has 1 heterocycles. The zero-order chi connectivity index (χ0) is 12.3. The molecular formula is C14H19NO2. The Bertz CT molecular complexity index is 490. The molecule has 1 N–H and O–H groups in total. The molecule has 1 aromatic heterocycles. The first kappa shape index (κ1) is 12.0. The minimum atomic E-state index is 0.275. The van der Waals surface area contributed by atoms with Crippen molar-refractivity contribution < 1.29 is 9.15 Å². The number of rotatable bonds is 5. The molecule has 17 heavy (non-hydrogen) atoms. The molecule has 0 aliphatic rings. The van der Waals surface area contributed by atoms with E-state index in [0.717, 1.165) is 35.4 Å². The summed E-state index contributed by atoms with van der Waals surface area (Å²) in [5, 5.41) is 4.51. The van der Waals surface area contributed by atoms with E-state index in [-0.39, 0.29) is 6.04 Å². The maximum Gasteiger partial charge on any atom is 0.176 e. The van der Waals surface area contributed by atoms with Crippen LogP contribution in [0, 0.1) is 0 Å². The highest BCUT2D eigenvalue weighted by molar-refractivity contribution is 5.83. The van der Waals surface area contributed by atoms with Gasteiger partial charge in [-0.1, -0.05) is 26.0 Å². The molecule has 0 saturated heterocycles. The lowest BCUT2D eigenvalue weighted by Gasteiger charge is -2.12. The largest absolute Gasteiger partial charge is 0.493 e.